The highest BCUT2D eigenvalue weighted by molar-refractivity contribution is 7.73. The first-order valence-corrected chi connectivity index (χ1v) is 10.8. The van der Waals surface area contributed by atoms with Gasteiger partial charge < -0.3 is 18.1 Å². The molecule has 0 amide bonds. The minimum absolute atomic E-state index is 0.343. The zero-order chi connectivity index (χ0) is 13.2. The van der Waals surface area contributed by atoms with Gasteiger partial charge in [-0.2, -0.15) is 0 Å². The van der Waals surface area contributed by atoms with Crippen LogP contribution in [0.3, 0.4) is 0 Å². The van der Waals surface area contributed by atoms with E-state index in [1.807, 2.05) is 0 Å². The van der Waals surface area contributed by atoms with E-state index in [0.29, 0.717) is 19.8 Å². The zero-order valence-corrected chi connectivity index (χ0v) is 13.6. The van der Waals surface area contributed by atoms with Gasteiger partial charge in [-0.05, 0) is 20.8 Å². The summed E-state index contributed by atoms with van der Waals surface area (Å²) < 4.78 is 14.5. The summed E-state index contributed by atoms with van der Waals surface area (Å²) >= 11 is 0. The third-order valence-corrected chi connectivity index (χ3v) is 2.89. The van der Waals surface area contributed by atoms with Crippen molar-refractivity contribution in [2.45, 2.75) is 20.8 Å². The first-order chi connectivity index (χ1) is 7.18. The fraction of sp³-hybridized carbons (Fsp3) is 1.00. The van der Waals surface area contributed by atoms with Crippen molar-refractivity contribution in [3.63, 3.8) is 0 Å². The molecule has 0 aromatic heterocycles. The topological polar surface area (TPSA) is 50.8 Å². The van der Waals surface area contributed by atoms with Crippen LogP contribution in [-0.2, 0) is 13.3 Å². The largest absolute Gasteiger partial charge is 0.793 e. The van der Waals surface area contributed by atoms with E-state index in [2.05, 4.69) is 26.7 Å². The quantitative estimate of drug-likeness (QED) is 0.541. The minimum atomic E-state index is -3.50. The normalized spacial score (nSPS) is 12.0. The molecule has 16 heavy (non-hydrogen) atoms. The van der Waals surface area contributed by atoms with E-state index in [9.17, 15) is 4.80 Å². The molecule has 0 atom stereocenters. The van der Waals surface area contributed by atoms with Crippen LogP contribution in [0.25, 0.3) is 0 Å². The summed E-state index contributed by atoms with van der Waals surface area (Å²) in [5, 5.41) is 0. The minimum Gasteiger partial charge on any atom is -0.793 e. The third-order valence-electron chi connectivity index (χ3n) is 0.963. The molecule has 0 aliphatic rings. The molecule has 6 heteroatoms. The number of hydrogen-bond acceptors (Lipinski definition) is 4. The van der Waals surface area contributed by atoms with Crippen LogP contribution in [0.1, 0.15) is 20.8 Å². The van der Waals surface area contributed by atoms with Gasteiger partial charge in [-0.15, -0.1) is 0 Å². The average molecular weight is 270 g/mol. The predicted molar refractivity (Wildman–Crippen MR) is 71.2 cm³/mol. The van der Waals surface area contributed by atoms with Gasteiger partial charge in [-0.25, -0.2) is 0 Å². The van der Waals surface area contributed by atoms with Crippen molar-refractivity contribution in [1.29, 1.82) is 0 Å². The molecule has 0 fully saturated rings. The van der Waals surface area contributed by atoms with E-state index >= 15 is 0 Å². The first kappa shape index (κ1) is 18.8. The van der Waals surface area contributed by atoms with Crippen LogP contribution in [0.4, 0.5) is 0 Å². The lowest BCUT2D eigenvalue weighted by Crippen LogP contribution is -2.58. The molecule has 0 aromatic rings. The Morgan fingerprint density at radius 2 is 1.00 bits per heavy atom. The molecule has 0 radical (unpaired) electrons. The Hall–Kier alpha value is 0.487. The molecule has 0 aliphatic heterocycles. The lowest BCUT2D eigenvalue weighted by molar-refractivity contribution is -0.315. The molecular weight excluding hydrogens is 243 g/mol. The summed E-state index contributed by atoms with van der Waals surface area (Å²) in [6, 6.07) is 0. The van der Waals surface area contributed by atoms with E-state index in [1.165, 1.54) is 0 Å². The van der Waals surface area contributed by atoms with Crippen LogP contribution in [-0.4, -0.2) is 55.5 Å². The molecule has 0 unspecified atom stereocenters. The number of hydrogen-bond donors (Lipinski definition) is 0. The molecular formula is C10H27O4PSi. The highest BCUT2D eigenvalue weighted by Gasteiger charge is 2.23. The summed E-state index contributed by atoms with van der Waals surface area (Å²) in [6.07, 6.45) is 0. The second-order valence-corrected chi connectivity index (χ2v) is 11.7. The van der Waals surface area contributed by atoms with Gasteiger partial charge in [0.15, 0.2) is 0 Å². The third kappa shape index (κ3) is 16.9. The van der Waals surface area contributed by atoms with E-state index in [0.717, 1.165) is 0 Å². The molecule has 0 saturated carbocycles. The SMILES string of the molecule is CCO[Si]([O-])(OCC)OCC.C[P+](C)(C)C. The molecule has 0 bridgehead atoms. The molecule has 0 saturated heterocycles. The summed E-state index contributed by atoms with van der Waals surface area (Å²) in [7, 11) is -3.89. The molecule has 0 heterocycles. The van der Waals surface area contributed by atoms with Gasteiger partial charge in [0.05, 0.1) is 0 Å². The molecule has 100 valence electrons. The second-order valence-electron chi connectivity index (χ2n) is 4.48. The lowest BCUT2D eigenvalue weighted by atomic mass is 10.9. The van der Waals surface area contributed by atoms with Crippen molar-refractivity contribution in [1.82, 2.24) is 0 Å². The van der Waals surface area contributed by atoms with E-state index in [4.69, 9.17) is 13.3 Å². The molecule has 4 nitrogen and oxygen atoms in total. The van der Waals surface area contributed by atoms with Crippen LogP contribution < -0.4 is 4.80 Å². The van der Waals surface area contributed by atoms with Crippen molar-refractivity contribution in [3.05, 3.63) is 0 Å². The molecule has 0 rings (SSSR count). The van der Waals surface area contributed by atoms with Gasteiger partial charge in [0.2, 0.25) is 0 Å². The molecule has 0 N–H and O–H groups in total. The second kappa shape index (κ2) is 9.51. The van der Waals surface area contributed by atoms with Gasteiger partial charge >= 0.3 is 9.05 Å². The maximum atomic E-state index is 11.4. The Bertz CT molecular complexity index is 138. The van der Waals surface area contributed by atoms with Gasteiger partial charge in [0.1, 0.15) is 0 Å². The Morgan fingerprint density at radius 3 is 1.12 bits per heavy atom. The smallest absolute Gasteiger partial charge is 0.412 e. The van der Waals surface area contributed by atoms with Crippen LogP contribution in [0.2, 0.25) is 0 Å². The Morgan fingerprint density at radius 1 is 0.812 bits per heavy atom. The summed E-state index contributed by atoms with van der Waals surface area (Å²) in [6.45, 7) is 15.5. The van der Waals surface area contributed by atoms with Crippen LogP contribution in [0, 0.1) is 0 Å². The molecule has 0 aliphatic carbocycles. The zero-order valence-electron chi connectivity index (χ0n) is 11.7. The predicted octanol–water partition coefficient (Wildman–Crippen LogP) is 1.41. The monoisotopic (exact) mass is 270 g/mol. The van der Waals surface area contributed by atoms with Crippen LogP contribution >= 0.6 is 7.26 Å². The Kier molecular flexibility index (Phi) is 11.2. The standard InChI is InChI=1S/C6H15O4Si.C4H12P/c1-4-8-11(7,9-5-2)10-6-3;1-5(2,3)4/h4-6H2,1-3H3;1-4H3/q-1;+1. The first-order valence-electron chi connectivity index (χ1n) is 5.59. The average Bonchev–Trinajstić information content (AvgIpc) is 2.01. The Balaban J connectivity index is 0. The highest BCUT2D eigenvalue weighted by Crippen LogP contribution is 2.40. The summed E-state index contributed by atoms with van der Waals surface area (Å²) in [5.74, 6) is 0. The van der Waals surface area contributed by atoms with Crippen molar-refractivity contribution < 1.29 is 18.1 Å². The molecule has 0 spiro atoms. The molecule has 0 aromatic carbocycles. The van der Waals surface area contributed by atoms with Crippen molar-refractivity contribution in [2.24, 2.45) is 0 Å². The fourth-order valence-electron chi connectivity index (χ4n) is 0.655. The van der Waals surface area contributed by atoms with Crippen LogP contribution in [0.15, 0.2) is 0 Å². The Labute approximate surface area is 102 Å². The van der Waals surface area contributed by atoms with Crippen molar-refractivity contribution >= 4 is 16.3 Å². The van der Waals surface area contributed by atoms with Gasteiger partial charge in [-0.1, -0.05) is 0 Å². The van der Waals surface area contributed by atoms with E-state index in [1.54, 1.807) is 20.8 Å². The van der Waals surface area contributed by atoms with Gasteiger partial charge in [-0.3, -0.25) is 0 Å². The summed E-state index contributed by atoms with van der Waals surface area (Å²) in [4.78, 5) is 11.4. The lowest BCUT2D eigenvalue weighted by Gasteiger charge is -2.33. The van der Waals surface area contributed by atoms with E-state index < -0.39 is 9.05 Å². The van der Waals surface area contributed by atoms with Crippen LogP contribution in [0.5, 0.6) is 0 Å². The van der Waals surface area contributed by atoms with Gasteiger partial charge in [0.25, 0.3) is 0 Å². The summed E-state index contributed by atoms with van der Waals surface area (Å²) in [5.41, 5.74) is 0. The maximum absolute atomic E-state index is 11.4. The highest BCUT2D eigenvalue weighted by atomic mass is 31.2. The fourth-order valence-corrected chi connectivity index (χ4v) is 1.97. The van der Waals surface area contributed by atoms with Gasteiger partial charge in [0, 0.05) is 53.7 Å². The van der Waals surface area contributed by atoms with E-state index in [-0.39, 0.29) is 7.26 Å². The van der Waals surface area contributed by atoms with Crippen molar-refractivity contribution in [2.75, 3.05) is 46.5 Å². The maximum Gasteiger partial charge on any atom is 0.412 e. The van der Waals surface area contributed by atoms with Crippen molar-refractivity contribution in [3.8, 4) is 0 Å². The number of rotatable bonds is 6.